The third-order valence-corrected chi connectivity index (χ3v) is 5.02. The summed E-state index contributed by atoms with van der Waals surface area (Å²) in [6.45, 7) is 10.6. The molecule has 0 bridgehead atoms. The van der Waals surface area contributed by atoms with E-state index in [0.717, 1.165) is 0 Å². The van der Waals surface area contributed by atoms with Crippen molar-refractivity contribution in [3.63, 3.8) is 0 Å². The third-order valence-electron chi connectivity index (χ3n) is 2.38. The predicted octanol–water partition coefficient (Wildman–Crippen LogP) is 4.27. The highest BCUT2D eigenvalue weighted by Gasteiger charge is 2.26. The van der Waals surface area contributed by atoms with Gasteiger partial charge in [0.25, 0.3) is 0 Å². The molecule has 0 fully saturated rings. The molecule has 0 amide bonds. The Kier molecular flexibility index (Phi) is 3.38. The van der Waals surface area contributed by atoms with Gasteiger partial charge in [-0.05, 0) is 30.2 Å². The number of hydrogen-bond acceptors (Lipinski definition) is 0. The van der Waals surface area contributed by atoms with Crippen LogP contribution in [0.15, 0.2) is 18.2 Å². The lowest BCUT2D eigenvalue weighted by Gasteiger charge is -2.25. The number of benzene rings is 1. The molecule has 0 aliphatic heterocycles. The molecule has 0 nitrogen and oxygen atoms in total. The van der Waals surface area contributed by atoms with Crippen LogP contribution in [-0.4, -0.2) is 8.07 Å². The normalized spacial score (nSPS) is 14.1. The van der Waals surface area contributed by atoms with Crippen LogP contribution in [0.25, 0.3) is 0 Å². The van der Waals surface area contributed by atoms with Gasteiger partial charge < -0.3 is 0 Å². The minimum absolute atomic E-state index is 0.0692. The van der Waals surface area contributed by atoms with Crippen molar-refractivity contribution in [3.05, 3.63) is 41.5 Å². The van der Waals surface area contributed by atoms with Gasteiger partial charge in [-0.3, -0.25) is 0 Å². The number of rotatable bonds is 2. The first-order valence-corrected chi connectivity index (χ1v) is 8.56. The first-order valence-electron chi connectivity index (χ1n) is 4.60. The smallest absolute Gasteiger partial charge is 0.127 e. The van der Waals surface area contributed by atoms with Gasteiger partial charge in [-0.25, -0.2) is 4.39 Å². The third kappa shape index (κ3) is 2.58. The molecule has 1 unspecified atom stereocenters. The van der Waals surface area contributed by atoms with Crippen molar-refractivity contribution in [2.24, 2.45) is 0 Å². The lowest BCUT2D eigenvalue weighted by Crippen LogP contribution is -2.29. The molecule has 1 aromatic rings. The standard InChI is InChI=1S/C11H15ClFSi/c1-8(14(2,3)4)10-6-5-9(12)7-11(10)13/h5-8H,1H2,2-4H3. The highest BCUT2D eigenvalue weighted by Crippen LogP contribution is 2.29. The molecule has 1 atom stereocenters. The largest absolute Gasteiger partial charge is 0.207 e. The van der Waals surface area contributed by atoms with Gasteiger partial charge in [-0.1, -0.05) is 37.3 Å². The molecule has 0 aliphatic carbocycles. The van der Waals surface area contributed by atoms with Crippen molar-refractivity contribution in [1.82, 2.24) is 0 Å². The summed E-state index contributed by atoms with van der Waals surface area (Å²) in [5, 5.41) is 0.439. The second-order valence-corrected chi connectivity index (χ2v) is 10.4. The minimum Gasteiger partial charge on any atom is -0.207 e. The maximum atomic E-state index is 13.5. The molecule has 1 radical (unpaired) electrons. The summed E-state index contributed by atoms with van der Waals surface area (Å²) < 4.78 is 13.5. The van der Waals surface area contributed by atoms with Crippen molar-refractivity contribution >= 4 is 19.7 Å². The average Bonchev–Trinajstić information content (AvgIpc) is 2.01. The molecule has 1 aromatic carbocycles. The Hall–Kier alpha value is -0.343. The Bertz CT molecular complexity index is 331. The van der Waals surface area contributed by atoms with E-state index in [1.54, 1.807) is 12.1 Å². The molecular formula is C11H15ClFSi. The van der Waals surface area contributed by atoms with E-state index >= 15 is 0 Å². The van der Waals surface area contributed by atoms with Crippen molar-refractivity contribution < 1.29 is 4.39 Å². The molecule has 0 heterocycles. The molecule has 0 saturated carbocycles. The first-order chi connectivity index (χ1) is 6.32. The van der Waals surface area contributed by atoms with Crippen molar-refractivity contribution in [2.75, 3.05) is 0 Å². The van der Waals surface area contributed by atoms with E-state index in [9.17, 15) is 4.39 Å². The van der Waals surface area contributed by atoms with Crippen LogP contribution in [0.1, 0.15) is 11.1 Å². The van der Waals surface area contributed by atoms with E-state index < -0.39 is 8.07 Å². The zero-order chi connectivity index (χ0) is 10.9. The summed E-state index contributed by atoms with van der Waals surface area (Å²) in [5.41, 5.74) is 0.758. The van der Waals surface area contributed by atoms with E-state index in [1.807, 2.05) is 0 Å². The monoisotopic (exact) mass is 229 g/mol. The van der Waals surface area contributed by atoms with E-state index in [4.69, 9.17) is 11.6 Å². The van der Waals surface area contributed by atoms with Crippen molar-refractivity contribution in [1.29, 1.82) is 0 Å². The topological polar surface area (TPSA) is 0 Å². The Morgan fingerprint density at radius 1 is 1.36 bits per heavy atom. The summed E-state index contributed by atoms with van der Waals surface area (Å²) in [6.07, 6.45) is 0. The summed E-state index contributed by atoms with van der Waals surface area (Å²) in [4.78, 5) is 0. The van der Waals surface area contributed by atoms with E-state index in [0.29, 0.717) is 10.6 Å². The fraction of sp³-hybridized carbons (Fsp3) is 0.364. The summed E-state index contributed by atoms with van der Waals surface area (Å²) >= 11 is 5.69. The fourth-order valence-electron chi connectivity index (χ4n) is 1.25. The van der Waals surface area contributed by atoms with E-state index in [2.05, 4.69) is 26.6 Å². The van der Waals surface area contributed by atoms with Crippen LogP contribution in [0.3, 0.4) is 0 Å². The Morgan fingerprint density at radius 3 is 2.36 bits per heavy atom. The quantitative estimate of drug-likeness (QED) is 0.665. The van der Waals surface area contributed by atoms with Gasteiger partial charge in [0.15, 0.2) is 0 Å². The Balaban J connectivity index is 3.08. The highest BCUT2D eigenvalue weighted by molar-refractivity contribution is 6.77. The van der Waals surface area contributed by atoms with Crippen LogP contribution in [0.2, 0.25) is 24.7 Å². The van der Waals surface area contributed by atoms with Crippen LogP contribution < -0.4 is 0 Å². The van der Waals surface area contributed by atoms with E-state index in [1.165, 1.54) is 6.07 Å². The molecule has 0 N–H and O–H groups in total. The lowest BCUT2D eigenvalue weighted by atomic mass is 10.1. The molecule has 0 saturated heterocycles. The van der Waals surface area contributed by atoms with Crippen LogP contribution in [0.4, 0.5) is 4.39 Å². The molecular weight excluding hydrogens is 215 g/mol. The first kappa shape index (κ1) is 11.7. The van der Waals surface area contributed by atoms with Gasteiger partial charge in [0.2, 0.25) is 0 Å². The predicted molar refractivity (Wildman–Crippen MR) is 62.9 cm³/mol. The number of hydrogen-bond donors (Lipinski definition) is 0. The van der Waals surface area contributed by atoms with E-state index in [-0.39, 0.29) is 11.4 Å². The van der Waals surface area contributed by atoms with Crippen molar-refractivity contribution in [3.8, 4) is 0 Å². The second-order valence-electron chi connectivity index (χ2n) is 4.58. The summed E-state index contributed by atoms with van der Waals surface area (Å²) in [6, 6.07) is 4.82. The van der Waals surface area contributed by atoms with Gasteiger partial charge in [-0.15, -0.1) is 0 Å². The minimum atomic E-state index is -1.44. The second kappa shape index (κ2) is 4.03. The van der Waals surface area contributed by atoms with Gasteiger partial charge in [0, 0.05) is 5.02 Å². The SMILES string of the molecule is [CH2]C(c1ccc(Cl)cc1F)[Si](C)(C)C. The van der Waals surface area contributed by atoms with Gasteiger partial charge >= 0.3 is 0 Å². The molecule has 0 aromatic heterocycles. The van der Waals surface area contributed by atoms with Crippen LogP contribution >= 0.6 is 11.6 Å². The Labute approximate surface area is 91.1 Å². The maximum Gasteiger partial charge on any atom is 0.127 e. The highest BCUT2D eigenvalue weighted by atomic mass is 35.5. The summed E-state index contributed by atoms with van der Waals surface area (Å²) in [5.74, 6) is -0.236. The zero-order valence-corrected chi connectivity index (χ0v) is 10.5. The Morgan fingerprint density at radius 2 is 1.93 bits per heavy atom. The zero-order valence-electron chi connectivity index (χ0n) is 8.77. The average molecular weight is 230 g/mol. The maximum absolute atomic E-state index is 13.5. The molecule has 14 heavy (non-hydrogen) atoms. The van der Waals surface area contributed by atoms with Crippen LogP contribution in [0.5, 0.6) is 0 Å². The van der Waals surface area contributed by atoms with Gasteiger partial charge in [0.1, 0.15) is 5.82 Å². The molecule has 3 heteroatoms. The molecule has 0 spiro atoms. The van der Waals surface area contributed by atoms with Gasteiger partial charge in [0.05, 0.1) is 8.07 Å². The number of halogens is 2. The lowest BCUT2D eigenvalue weighted by molar-refractivity contribution is 0.612. The van der Waals surface area contributed by atoms with Crippen LogP contribution in [-0.2, 0) is 0 Å². The summed E-state index contributed by atoms with van der Waals surface area (Å²) in [7, 11) is -1.44. The fourth-order valence-corrected chi connectivity index (χ4v) is 2.58. The van der Waals surface area contributed by atoms with Crippen LogP contribution in [0, 0.1) is 12.7 Å². The molecule has 0 aliphatic rings. The molecule has 77 valence electrons. The van der Waals surface area contributed by atoms with Crippen molar-refractivity contribution in [2.45, 2.75) is 25.2 Å². The molecule has 1 rings (SSSR count). The van der Waals surface area contributed by atoms with Gasteiger partial charge in [-0.2, -0.15) is 0 Å².